The van der Waals surface area contributed by atoms with Gasteiger partial charge in [0.25, 0.3) is 5.91 Å². The normalized spacial score (nSPS) is 16.5. The Morgan fingerprint density at radius 3 is 2.19 bits per heavy atom. The van der Waals surface area contributed by atoms with Gasteiger partial charge in [-0.25, -0.2) is 8.42 Å². The lowest BCUT2D eigenvalue weighted by Crippen LogP contribution is -2.30. The van der Waals surface area contributed by atoms with Gasteiger partial charge in [0.05, 0.1) is 18.0 Å². The summed E-state index contributed by atoms with van der Waals surface area (Å²) in [6, 6.07) is 20.4. The highest BCUT2D eigenvalue weighted by atomic mass is 35.5. The second-order valence-electron chi connectivity index (χ2n) is 7.26. The number of carbonyl (C=O) groups excluding carboxylic acids is 1. The molecule has 1 aliphatic rings. The first-order chi connectivity index (χ1) is 15.3. The van der Waals surface area contributed by atoms with Gasteiger partial charge in [0.2, 0.25) is 9.84 Å². The summed E-state index contributed by atoms with van der Waals surface area (Å²) in [7, 11) is -2.60. The standard InChI is InChI=1S/C24H20ClNO5S/c1-31-19-13-7-16(8-14-19)15-26-21(17-9-11-18(25)12-10-17)23(22(27)24(26)28)32(29,30)20-5-3-2-4-6-20/h2-14,21,27H,15H2,1H3/t21-/m1/s1. The molecule has 0 bridgehead atoms. The van der Waals surface area contributed by atoms with Gasteiger partial charge in [-0.15, -0.1) is 0 Å². The van der Waals surface area contributed by atoms with Crippen molar-refractivity contribution in [2.24, 2.45) is 0 Å². The highest BCUT2D eigenvalue weighted by Crippen LogP contribution is 2.43. The number of hydrogen-bond donors (Lipinski definition) is 1. The van der Waals surface area contributed by atoms with Crippen molar-refractivity contribution in [3.8, 4) is 5.75 Å². The first-order valence-corrected chi connectivity index (χ1v) is 11.6. The number of benzene rings is 3. The van der Waals surface area contributed by atoms with E-state index in [2.05, 4.69) is 0 Å². The quantitative estimate of drug-likeness (QED) is 0.567. The van der Waals surface area contributed by atoms with Gasteiger partial charge in [0, 0.05) is 11.6 Å². The van der Waals surface area contributed by atoms with Crippen LogP contribution in [-0.4, -0.2) is 31.4 Å². The van der Waals surface area contributed by atoms with E-state index >= 15 is 0 Å². The minimum atomic E-state index is -4.15. The van der Waals surface area contributed by atoms with Crippen LogP contribution in [0.1, 0.15) is 17.2 Å². The zero-order chi connectivity index (χ0) is 22.9. The molecule has 0 fully saturated rings. The number of methoxy groups -OCH3 is 1. The third-order valence-corrected chi connectivity index (χ3v) is 7.44. The van der Waals surface area contributed by atoms with Crippen LogP contribution in [0, 0.1) is 0 Å². The molecule has 164 valence electrons. The van der Waals surface area contributed by atoms with Crippen molar-refractivity contribution in [2.45, 2.75) is 17.5 Å². The molecule has 1 heterocycles. The highest BCUT2D eigenvalue weighted by molar-refractivity contribution is 7.95. The highest BCUT2D eigenvalue weighted by Gasteiger charge is 2.46. The lowest BCUT2D eigenvalue weighted by Gasteiger charge is -2.27. The van der Waals surface area contributed by atoms with Gasteiger partial charge < -0.3 is 14.7 Å². The van der Waals surface area contributed by atoms with Crippen LogP contribution < -0.4 is 4.74 Å². The summed E-state index contributed by atoms with van der Waals surface area (Å²) in [6.45, 7) is 0.0913. The molecular weight excluding hydrogens is 450 g/mol. The van der Waals surface area contributed by atoms with Crippen molar-refractivity contribution < 1.29 is 23.1 Å². The van der Waals surface area contributed by atoms with Gasteiger partial charge in [-0.2, -0.15) is 0 Å². The molecule has 3 aromatic carbocycles. The number of rotatable bonds is 6. The van der Waals surface area contributed by atoms with Crippen molar-refractivity contribution >= 4 is 27.3 Å². The number of aliphatic hydroxyl groups excluding tert-OH is 1. The molecule has 8 heteroatoms. The van der Waals surface area contributed by atoms with Crippen LogP contribution in [0.4, 0.5) is 0 Å². The van der Waals surface area contributed by atoms with E-state index in [1.54, 1.807) is 73.8 Å². The van der Waals surface area contributed by atoms with Crippen LogP contribution >= 0.6 is 11.6 Å². The molecule has 0 saturated heterocycles. The SMILES string of the molecule is COc1ccc(CN2C(=O)C(O)=C(S(=O)(=O)c3ccccc3)[C@H]2c2ccc(Cl)cc2)cc1. The van der Waals surface area contributed by atoms with Crippen molar-refractivity contribution in [3.05, 3.63) is 106 Å². The summed E-state index contributed by atoms with van der Waals surface area (Å²) in [6.07, 6.45) is 0. The van der Waals surface area contributed by atoms with E-state index in [0.29, 0.717) is 16.3 Å². The maximum Gasteiger partial charge on any atom is 0.290 e. The van der Waals surface area contributed by atoms with Crippen molar-refractivity contribution in [2.75, 3.05) is 7.11 Å². The maximum absolute atomic E-state index is 13.5. The van der Waals surface area contributed by atoms with Crippen LogP contribution in [0.3, 0.4) is 0 Å². The zero-order valence-electron chi connectivity index (χ0n) is 17.1. The Balaban J connectivity index is 1.82. The van der Waals surface area contributed by atoms with E-state index in [-0.39, 0.29) is 16.3 Å². The van der Waals surface area contributed by atoms with E-state index in [1.165, 1.54) is 17.0 Å². The Hall–Kier alpha value is -3.29. The Morgan fingerprint density at radius 1 is 0.969 bits per heavy atom. The van der Waals surface area contributed by atoms with Gasteiger partial charge in [-0.05, 0) is 47.5 Å². The second-order valence-corrected chi connectivity index (χ2v) is 9.62. The van der Waals surface area contributed by atoms with E-state index in [9.17, 15) is 18.3 Å². The number of amides is 1. The Labute approximate surface area is 191 Å². The van der Waals surface area contributed by atoms with Crippen LogP contribution in [0.15, 0.2) is 94.4 Å². The van der Waals surface area contributed by atoms with E-state index < -0.39 is 27.5 Å². The second kappa shape index (κ2) is 8.68. The van der Waals surface area contributed by atoms with Gasteiger partial charge in [-0.1, -0.05) is 54.1 Å². The van der Waals surface area contributed by atoms with Crippen molar-refractivity contribution in [3.63, 3.8) is 0 Å². The third-order valence-electron chi connectivity index (χ3n) is 5.30. The molecule has 0 spiro atoms. The minimum Gasteiger partial charge on any atom is -0.502 e. The lowest BCUT2D eigenvalue weighted by molar-refractivity contribution is -0.130. The van der Waals surface area contributed by atoms with Gasteiger partial charge >= 0.3 is 0 Å². The molecule has 0 aromatic heterocycles. The molecule has 1 atom stereocenters. The summed E-state index contributed by atoms with van der Waals surface area (Å²) in [5.41, 5.74) is 1.28. The summed E-state index contributed by atoms with van der Waals surface area (Å²) >= 11 is 6.02. The van der Waals surface area contributed by atoms with Crippen LogP contribution in [0.2, 0.25) is 5.02 Å². The molecule has 4 rings (SSSR count). The average Bonchev–Trinajstić information content (AvgIpc) is 3.06. The fourth-order valence-electron chi connectivity index (χ4n) is 3.70. The average molecular weight is 470 g/mol. The number of aliphatic hydroxyl groups is 1. The topological polar surface area (TPSA) is 83.9 Å². The largest absolute Gasteiger partial charge is 0.502 e. The molecule has 32 heavy (non-hydrogen) atoms. The molecule has 6 nitrogen and oxygen atoms in total. The number of ether oxygens (including phenoxy) is 1. The van der Waals surface area contributed by atoms with Gasteiger partial charge in [-0.3, -0.25) is 4.79 Å². The summed E-state index contributed by atoms with van der Waals surface area (Å²) in [5.74, 6) is -0.873. The zero-order valence-corrected chi connectivity index (χ0v) is 18.7. The predicted octanol–water partition coefficient (Wildman–Crippen LogP) is 4.68. The molecule has 1 amide bonds. The molecule has 0 radical (unpaired) electrons. The lowest BCUT2D eigenvalue weighted by atomic mass is 10.1. The molecule has 0 unspecified atom stereocenters. The number of hydrogen-bond acceptors (Lipinski definition) is 5. The first-order valence-electron chi connectivity index (χ1n) is 9.75. The summed E-state index contributed by atoms with van der Waals surface area (Å²) in [4.78, 5) is 14.1. The fourth-order valence-corrected chi connectivity index (χ4v) is 5.49. The number of nitrogens with zero attached hydrogens (tertiary/aromatic N) is 1. The Morgan fingerprint density at radius 2 is 1.59 bits per heavy atom. The Bertz CT molecular complexity index is 1270. The van der Waals surface area contributed by atoms with E-state index in [0.717, 1.165) is 5.56 Å². The van der Waals surface area contributed by atoms with Gasteiger partial charge in [0.15, 0.2) is 5.76 Å². The monoisotopic (exact) mass is 469 g/mol. The number of carbonyl (C=O) groups is 1. The molecule has 3 aromatic rings. The van der Waals surface area contributed by atoms with Gasteiger partial charge in [0.1, 0.15) is 10.7 Å². The van der Waals surface area contributed by atoms with Crippen molar-refractivity contribution in [1.29, 1.82) is 0 Å². The molecule has 0 aliphatic carbocycles. The van der Waals surface area contributed by atoms with Crippen LogP contribution in [-0.2, 0) is 21.2 Å². The number of halogens is 1. The fraction of sp³-hybridized carbons (Fsp3) is 0.125. The molecule has 1 N–H and O–H groups in total. The third kappa shape index (κ3) is 3.97. The van der Waals surface area contributed by atoms with Crippen LogP contribution in [0.25, 0.3) is 0 Å². The predicted molar refractivity (Wildman–Crippen MR) is 121 cm³/mol. The molecular formula is C24H20ClNO5S. The maximum atomic E-state index is 13.5. The summed E-state index contributed by atoms with van der Waals surface area (Å²) in [5, 5.41) is 11.2. The Kier molecular flexibility index (Phi) is 5.95. The van der Waals surface area contributed by atoms with E-state index in [4.69, 9.17) is 16.3 Å². The smallest absolute Gasteiger partial charge is 0.290 e. The van der Waals surface area contributed by atoms with Crippen molar-refractivity contribution in [1.82, 2.24) is 4.90 Å². The summed E-state index contributed by atoms with van der Waals surface area (Å²) < 4.78 is 32.1. The first kappa shape index (κ1) is 21.9. The van der Waals surface area contributed by atoms with E-state index in [1.807, 2.05) is 0 Å². The number of sulfone groups is 1. The molecule has 0 saturated carbocycles. The minimum absolute atomic E-state index is 0.000360. The van der Waals surface area contributed by atoms with Crippen LogP contribution in [0.5, 0.6) is 5.75 Å². The molecule has 1 aliphatic heterocycles.